The first-order chi connectivity index (χ1) is 8.58. The second kappa shape index (κ2) is 5.51. The highest BCUT2D eigenvalue weighted by Gasteiger charge is 2.44. The molecule has 0 unspecified atom stereocenters. The molecule has 100 valence electrons. The van der Waals surface area contributed by atoms with Crippen LogP contribution in [0.25, 0.3) is 0 Å². The minimum Gasteiger partial charge on any atom is -0.387 e. The number of ether oxygens (including phenoxy) is 2. The number of aromatic amines is 1. The number of rotatable bonds is 3. The predicted molar refractivity (Wildman–Crippen MR) is 70.9 cm³/mol. The summed E-state index contributed by atoms with van der Waals surface area (Å²) in [6.45, 7) is 0. The lowest BCUT2D eigenvalue weighted by atomic mass is 10.1. The van der Waals surface area contributed by atoms with E-state index in [0.717, 1.165) is 0 Å². The Balaban J connectivity index is 2.38. The first kappa shape index (κ1) is 13.7. The monoisotopic (exact) mass is 368 g/mol. The molecular weight excluding hydrogens is 355 g/mol. The molecule has 4 atom stereocenters. The fraction of sp³-hybridized carbons (Fsp3) is 0.600. The van der Waals surface area contributed by atoms with Crippen molar-refractivity contribution in [1.29, 1.82) is 0 Å². The van der Waals surface area contributed by atoms with Gasteiger partial charge in [-0.15, -0.1) is 0 Å². The summed E-state index contributed by atoms with van der Waals surface area (Å²) in [5.74, 6) is 0. The summed E-state index contributed by atoms with van der Waals surface area (Å²) in [7, 11) is 1.44. The van der Waals surface area contributed by atoms with Gasteiger partial charge in [0.1, 0.15) is 12.2 Å². The highest BCUT2D eigenvalue weighted by molar-refractivity contribution is 14.1. The summed E-state index contributed by atoms with van der Waals surface area (Å²) in [6.07, 6.45) is -1.27. The minimum absolute atomic E-state index is 0.403. The van der Waals surface area contributed by atoms with E-state index in [1.54, 1.807) is 0 Å². The summed E-state index contributed by atoms with van der Waals surface area (Å²) < 4.78 is 12.6. The maximum Gasteiger partial charge on any atom is 0.330 e. The highest BCUT2D eigenvalue weighted by atomic mass is 127. The maximum atomic E-state index is 11.7. The second-order valence-corrected chi connectivity index (χ2v) is 4.81. The molecule has 2 N–H and O–H groups in total. The van der Waals surface area contributed by atoms with Crippen LogP contribution < -0.4 is 11.2 Å². The number of halogens is 1. The Bertz CT molecular complexity index is 527. The van der Waals surface area contributed by atoms with Crippen LogP contribution in [0.15, 0.2) is 21.9 Å². The van der Waals surface area contributed by atoms with Crippen molar-refractivity contribution in [2.24, 2.45) is 0 Å². The minimum atomic E-state index is -0.810. The normalized spacial score (nSPS) is 31.7. The van der Waals surface area contributed by atoms with E-state index in [-0.39, 0.29) is 0 Å². The van der Waals surface area contributed by atoms with Gasteiger partial charge in [-0.2, -0.15) is 0 Å². The predicted octanol–water partition coefficient (Wildman–Crippen LogP) is -0.755. The molecule has 0 aliphatic carbocycles. The lowest BCUT2D eigenvalue weighted by Crippen LogP contribution is -2.38. The SMILES string of the molecule is CO[C@@H]1[C@H](O)[C@@H](CI)O[C@H]1n1ccc(=O)[nH]c1=O. The second-order valence-electron chi connectivity index (χ2n) is 3.93. The summed E-state index contributed by atoms with van der Waals surface area (Å²) in [4.78, 5) is 24.8. The molecule has 0 bridgehead atoms. The van der Waals surface area contributed by atoms with Crippen molar-refractivity contribution in [2.45, 2.75) is 24.5 Å². The van der Waals surface area contributed by atoms with Gasteiger partial charge in [-0.05, 0) is 0 Å². The molecule has 18 heavy (non-hydrogen) atoms. The lowest BCUT2D eigenvalue weighted by molar-refractivity contribution is -0.0509. The number of hydrogen-bond acceptors (Lipinski definition) is 5. The number of methoxy groups -OCH3 is 1. The van der Waals surface area contributed by atoms with Gasteiger partial charge in [-0.3, -0.25) is 14.3 Å². The van der Waals surface area contributed by atoms with Gasteiger partial charge in [0.2, 0.25) is 0 Å². The van der Waals surface area contributed by atoms with Gasteiger partial charge in [0.05, 0.1) is 6.10 Å². The van der Waals surface area contributed by atoms with E-state index in [9.17, 15) is 14.7 Å². The number of aromatic nitrogens is 2. The summed E-state index contributed by atoms with van der Waals surface area (Å²) in [5.41, 5.74) is -1.06. The van der Waals surface area contributed by atoms with E-state index in [1.165, 1.54) is 23.9 Å². The fourth-order valence-electron chi connectivity index (χ4n) is 1.95. The van der Waals surface area contributed by atoms with Gasteiger partial charge >= 0.3 is 5.69 Å². The molecule has 7 nitrogen and oxygen atoms in total. The molecule has 1 saturated heterocycles. The van der Waals surface area contributed by atoms with Crippen LogP contribution in [-0.4, -0.2) is 44.5 Å². The quantitative estimate of drug-likeness (QED) is 0.541. The van der Waals surface area contributed by atoms with Gasteiger partial charge in [-0.25, -0.2) is 4.79 Å². The molecule has 2 rings (SSSR count). The van der Waals surface area contributed by atoms with E-state index >= 15 is 0 Å². The number of nitrogens with one attached hydrogen (secondary N) is 1. The molecule has 1 aliphatic rings. The zero-order valence-corrected chi connectivity index (χ0v) is 11.7. The molecule has 1 aromatic heterocycles. The number of nitrogens with zero attached hydrogens (tertiary/aromatic N) is 1. The van der Waals surface area contributed by atoms with Crippen LogP contribution in [0.4, 0.5) is 0 Å². The summed E-state index contributed by atoms with van der Waals surface area (Å²) >= 11 is 2.09. The zero-order valence-electron chi connectivity index (χ0n) is 9.58. The number of hydrogen-bond donors (Lipinski definition) is 2. The number of H-pyrrole nitrogens is 1. The van der Waals surface area contributed by atoms with E-state index in [4.69, 9.17) is 9.47 Å². The van der Waals surface area contributed by atoms with E-state index in [1.807, 2.05) is 0 Å². The molecule has 8 heteroatoms. The van der Waals surface area contributed by atoms with Gasteiger partial charge < -0.3 is 14.6 Å². The Morgan fingerprint density at radius 2 is 2.33 bits per heavy atom. The molecule has 0 saturated carbocycles. The van der Waals surface area contributed by atoms with Crippen LogP contribution in [0, 0.1) is 0 Å². The van der Waals surface area contributed by atoms with Crippen LogP contribution in [-0.2, 0) is 9.47 Å². The maximum absolute atomic E-state index is 11.7. The molecule has 2 heterocycles. The average molecular weight is 368 g/mol. The zero-order chi connectivity index (χ0) is 13.3. The van der Waals surface area contributed by atoms with E-state index < -0.39 is 35.8 Å². The molecule has 0 spiro atoms. The van der Waals surface area contributed by atoms with Crippen LogP contribution in [0.3, 0.4) is 0 Å². The Morgan fingerprint density at radius 3 is 2.89 bits per heavy atom. The first-order valence-corrected chi connectivity index (χ1v) is 6.84. The molecule has 0 aromatic carbocycles. The molecule has 0 radical (unpaired) electrons. The topological polar surface area (TPSA) is 93.5 Å². The standard InChI is InChI=1S/C10H13IN2O5/c1-17-8-7(15)5(4-11)18-9(8)13-3-2-6(14)12-10(13)16/h2-3,5,7-9,15H,4H2,1H3,(H,12,14,16)/t5-,7-,8-,9-/m1/s1. The van der Waals surface area contributed by atoms with Crippen molar-refractivity contribution in [2.75, 3.05) is 11.5 Å². The van der Waals surface area contributed by atoms with Gasteiger partial charge in [0.25, 0.3) is 5.56 Å². The van der Waals surface area contributed by atoms with Crippen molar-refractivity contribution in [1.82, 2.24) is 9.55 Å². The third-order valence-corrected chi connectivity index (χ3v) is 3.73. The third-order valence-electron chi connectivity index (χ3n) is 2.86. The Kier molecular flexibility index (Phi) is 4.20. The number of alkyl halides is 1. The fourth-order valence-corrected chi connectivity index (χ4v) is 2.68. The van der Waals surface area contributed by atoms with E-state index in [0.29, 0.717) is 4.43 Å². The molecule has 1 fully saturated rings. The van der Waals surface area contributed by atoms with Gasteiger partial charge in [0, 0.05) is 23.8 Å². The van der Waals surface area contributed by atoms with Crippen LogP contribution in [0.1, 0.15) is 6.23 Å². The smallest absolute Gasteiger partial charge is 0.330 e. The molecular formula is C10H13IN2O5. The van der Waals surface area contributed by atoms with Gasteiger partial charge in [-0.1, -0.05) is 22.6 Å². The van der Waals surface area contributed by atoms with Crippen LogP contribution in [0.2, 0.25) is 0 Å². The van der Waals surface area contributed by atoms with Crippen molar-refractivity contribution in [3.63, 3.8) is 0 Å². The Morgan fingerprint density at radius 1 is 1.61 bits per heavy atom. The van der Waals surface area contributed by atoms with Crippen molar-refractivity contribution >= 4 is 22.6 Å². The highest BCUT2D eigenvalue weighted by Crippen LogP contribution is 2.31. The molecule has 1 aromatic rings. The van der Waals surface area contributed by atoms with Crippen LogP contribution in [0.5, 0.6) is 0 Å². The van der Waals surface area contributed by atoms with Crippen LogP contribution >= 0.6 is 22.6 Å². The molecule has 1 aliphatic heterocycles. The largest absolute Gasteiger partial charge is 0.387 e. The summed E-state index contributed by atoms with van der Waals surface area (Å²) in [6, 6.07) is 1.22. The van der Waals surface area contributed by atoms with Crippen molar-refractivity contribution in [3.05, 3.63) is 33.1 Å². The lowest BCUT2D eigenvalue weighted by Gasteiger charge is -2.19. The number of aliphatic hydroxyl groups excluding tert-OH is 1. The number of aliphatic hydroxyl groups is 1. The average Bonchev–Trinajstić information content (AvgIpc) is 2.65. The molecule has 0 amide bonds. The Labute approximate surface area is 116 Å². The Hall–Kier alpha value is -0.710. The van der Waals surface area contributed by atoms with Crippen molar-refractivity contribution in [3.8, 4) is 0 Å². The van der Waals surface area contributed by atoms with E-state index in [2.05, 4.69) is 27.6 Å². The summed E-state index contributed by atoms with van der Waals surface area (Å²) in [5, 5.41) is 9.98. The van der Waals surface area contributed by atoms with Gasteiger partial charge in [0.15, 0.2) is 6.23 Å². The van der Waals surface area contributed by atoms with Crippen molar-refractivity contribution < 1.29 is 14.6 Å². The third kappa shape index (κ3) is 2.37. The first-order valence-electron chi connectivity index (χ1n) is 5.32.